The number of hydrogen-bond acceptors (Lipinski definition) is 5. The molecule has 0 bridgehead atoms. The van der Waals surface area contributed by atoms with E-state index in [4.69, 9.17) is 4.74 Å². The second-order valence-electron chi connectivity index (χ2n) is 8.53. The van der Waals surface area contributed by atoms with Crippen molar-refractivity contribution in [2.45, 2.75) is 33.2 Å². The van der Waals surface area contributed by atoms with Crippen molar-refractivity contribution in [1.82, 2.24) is 15.3 Å². The summed E-state index contributed by atoms with van der Waals surface area (Å²) in [5.41, 5.74) is 3.73. The number of nitrogens with one attached hydrogen (secondary N) is 3. The minimum atomic E-state index is -0.830. The first-order chi connectivity index (χ1) is 16.4. The van der Waals surface area contributed by atoms with Gasteiger partial charge in [0.25, 0.3) is 0 Å². The molecule has 8 heteroatoms. The van der Waals surface area contributed by atoms with Crippen LogP contribution in [0.3, 0.4) is 0 Å². The van der Waals surface area contributed by atoms with E-state index in [2.05, 4.69) is 20.6 Å². The van der Waals surface area contributed by atoms with E-state index in [1.165, 1.54) is 11.3 Å². The van der Waals surface area contributed by atoms with Gasteiger partial charge in [0.1, 0.15) is 6.04 Å². The third-order valence-electron chi connectivity index (χ3n) is 5.33. The molecule has 2 aromatic carbocycles. The van der Waals surface area contributed by atoms with Crippen LogP contribution in [0.15, 0.2) is 60.8 Å². The molecule has 1 atom stereocenters. The van der Waals surface area contributed by atoms with Crippen LogP contribution in [0, 0.1) is 12.8 Å². The SMILES string of the molecule is Cc1sc(NC(=O)[C@H](Cc2c[nH]c3ccccc23)NC(=O)OCC(C)C)nc1-c1ccccc1. The Kier molecular flexibility index (Phi) is 7.27. The minimum absolute atomic E-state index is 0.196. The Balaban J connectivity index is 1.54. The summed E-state index contributed by atoms with van der Waals surface area (Å²) in [7, 11) is 0. The largest absolute Gasteiger partial charge is 0.449 e. The molecule has 4 aromatic rings. The van der Waals surface area contributed by atoms with Crippen molar-refractivity contribution >= 4 is 39.4 Å². The lowest BCUT2D eigenvalue weighted by molar-refractivity contribution is -0.118. The fourth-order valence-corrected chi connectivity index (χ4v) is 4.50. The number of aryl methyl sites for hydroxylation is 1. The average Bonchev–Trinajstić information content (AvgIpc) is 3.40. The summed E-state index contributed by atoms with van der Waals surface area (Å²) < 4.78 is 5.27. The summed E-state index contributed by atoms with van der Waals surface area (Å²) >= 11 is 1.41. The number of amides is 2. The smallest absolute Gasteiger partial charge is 0.407 e. The van der Waals surface area contributed by atoms with E-state index in [0.29, 0.717) is 11.6 Å². The van der Waals surface area contributed by atoms with Crippen LogP contribution in [0.2, 0.25) is 0 Å². The van der Waals surface area contributed by atoms with Crippen molar-refractivity contribution in [2.75, 3.05) is 11.9 Å². The molecule has 2 amide bonds. The molecule has 0 radical (unpaired) electrons. The molecule has 0 unspecified atom stereocenters. The molecule has 0 saturated heterocycles. The predicted molar refractivity (Wildman–Crippen MR) is 136 cm³/mol. The summed E-state index contributed by atoms with van der Waals surface area (Å²) in [6.45, 7) is 6.16. The number of carbonyl (C=O) groups is 2. The number of para-hydroxylation sites is 1. The highest BCUT2D eigenvalue weighted by Gasteiger charge is 2.25. The standard InChI is InChI=1S/C26H28N4O3S/c1-16(2)15-33-26(32)28-22(13-19-14-27-21-12-8-7-11-20(19)21)24(31)30-25-29-23(17(3)34-25)18-9-5-4-6-10-18/h4-12,14,16,22,27H,13,15H2,1-3H3,(H,28,32)(H,29,30,31)/t22-/m0/s1. The molecule has 0 aliphatic carbocycles. The molecule has 3 N–H and O–H groups in total. The zero-order valence-electron chi connectivity index (χ0n) is 19.4. The molecule has 4 rings (SSSR count). The maximum atomic E-state index is 13.3. The lowest BCUT2D eigenvalue weighted by Gasteiger charge is -2.18. The summed E-state index contributed by atoms with van der Waals surface area (Å²) in [4.78, 5) is 34.5. The fourth-order valence-electron chi connectivity index (χ4n) is 3.66. The van der Waals surface area contributed by atoms with E-state index in [1.807, 2.05) is 81.6 Å². The number of ether oxygens (including phenoxy) is 1. The highest BCUT2D eigenvalue weighted by Crippen LogP contribution is 2.30. The number of fused-ring (bicyclic) bond motifs is 1. The van der Waals surface area contributed by atoms with Crippen molar-refractivity contribution in [2.24, 2.45) is 5.92 Å². The van der Waals surface area contributed by atoms with Crippen LogP contribution in [0.25, 0.3) is 22.2 Å². The van der Waals surface area contributed by atoms with Gasteiger partial charge in [0.05, 0.1) is 12.3 Å². The minimum Gasteiger partial charge on any atom is -0.449 e. The first kappa shape index (κ1) is 23.5. The molecule has 0 aliphatic heterocycles. The quantitative estimate of drug-likeness (QED) is 0.311. The van der Waals surface area contributed by atoms with Gasteiger partial charge in [-0.15, -0.1) is 11.3 Å². The van der Waals surface area contributed by atoms with E-state index in [0.717, 1.165) is 32.6 Å². The third-order valence-corrected chi connectivity index (χ3v) is 6.22. The topological polar surface area (TPSA) is 96.1 Å². The number of thiazole rings is 1. The number of rotatable bonds is 8. The van der Waals surface area contributed by atoms with Crippen molar-refractivity contribution < 1.29 is 14.3 Å². The number of anilines is 1. The van der Waals surface area contributed by atoms with Gasteiger partial charge in [0.15, 0.2) is 5.13 Å². The Morgan fingerprint density at radius 1 is 1.09 bits per heavy atom. The number of nitrogens with zero attached hydrogens (tertiary/aromatic N) is 1. The molecule has 0 aliphatic rings. The van der Waals surface area contributed by atoms with Crippen LogP contribution in [-0.4, -0.2) is 34.6 Å². The molecular weight excluding hydrogens is 448 g/mol. The number of aromatic amines is 1. The van der Waals surface area contributed by atoms with Gasteiger partial charge in [-0.1, -0.05) is 62.4 Å². The van der Waals surface area contributed by atoms with Gasteiger partial charge in [-0.3, -0.25) is 4.79 Å². The van der Waals surface area contributed by atoms with Crippen LogP contribution in [-0.2, 0) is 16.0 Å². The number of H-pyrrole nitrogens is 1. The highest BCUT2D eigenvalue weighted by atomic mass is 32.1. The van der Waals surface area contributed by atoms with E-state index in [9.17, 15) is 9.59 Å². The van der Waals surface area contributed by atoms with Crippen LogP contribution >= 0.6 is 11.3 Å². The van der Waals surface area contributed by atoms with Gasteiger partial charge in [0.2, 0.25) is 5.91 Å². The molecule has 2 heterocycles. The molecule has 0 saturated carbocycles. The summed E-state index contributed by atoms with van der Waals surface area (Å²) in [5.74, 6) is -0.151. The second kappa shape index (κ2) is 10.5. The van der Waals surface area contributed by atoms with Crippen molar-refractivity contribution in [3.63, 3.8) is 0 Å². The van der Waals surface area contributed by atoms with E-state index >= 15 is 0 Å². The van der Waals surface area contributed by atoms with Gasteiger partial charge < -0.3 is 20.4 Å². The van der Waals surface area contributed by atoms with Crippen LogP contribution in [0.5, 0.6) is 0 Å². The molecule has 34 heavy (non-hydrogen) atoms. The summed E-state index contributed by atoms with van der Waals surface area (Å²) in [6, 6.07) is 16.9. The zero-order valence-corrected chi connectivity index (χ0v) is 20.2. The number of carbonyl (C=O) groups excluding carboxylic acids is 2. The second-order valence-corrected chi connectivity index (χ2v) is 9.74. The van der Waals surface area contributed by atoms with E-state index in [1.54, 1.807) is 0 Å². The monoisotopic (exact) mass is 476 g/mol. The zero-order chi connectivity index (χ0) is 24.1. The number of benzene rings is 2. The number of alkyl carbamates (subject to hydrolysis) is 1. The molecular formula is C26H28N4O3S. The van der Waals surface area contributed by atoms with Gasteiger partial charge in [-0.25, -0.2) is 9.78 Å². The average molecular weight is 477 g/mol. The summed E-state index contributed by atoms with van der Waals surface area (Å²) in [5, 5.41) is 7.13. The Labute approximate surface area is 202 Å². The van der Waals surface area contributed by atoms with Crippen LogP contribution in [0.4, 0.5) is 9.93 Å². The number of aromatic nitrogens is 2. The summed E-state index contributed by atoms with van der Waals surface area (Å²) in [6.07, 6.45) is 1.56. The first-order valence-electron chi connectivity index (χ1n) is 11.2. The molecule has 2 aromatic heterocycles. The van der Waals surface area contributed by atoms with Crippen LogP contribution in [0.1, 0.15) is 24.3 Å². The molecule has 7 nitrogen and oxygen atoms in total. The normalized spacial score (nSPS) is 12.0. The Morgan fingerprint density at radius 2 is 1.82 bits per heavy atom. The van der Waals surface area contributed by atoms with Crippen LogP contribution < -0.4 is 10.6 Å². The van der Waals surface area contributed by atoms with Gasteiger partial charge in [-0.2, -0.15) is 0 Å². The third kappa shape index (κ3) is 5.63. The first-order valence-corrected chi connectivity index (χ1v) is 12.0. The molecule has 0 fully saturated rings. The lowest BCUT2D eigenvalue weighted by Crippen LogP contribution is -2.45. The Hall–Kier alpha value is -3.65. The predicted octanol–water partition coefficient (Wildman–Crippen LogP) is 5.53. The van der Waals surface area contributed by atoms with Crippen molar-refractivity contribution in [3.8, 4) is 11.3 Å². The lowest BCUT2D eigenvalue weighted by atomic mass is 10.0. The molecule has 176 valence electrons. The Morgan fingerprint density at radius 3 is 2.59 bits per heavy atom. The maximum Gasteiger partial charge on any atom is 0.407 e. The highest BCUT2D eigenvalue weighted by molar-refractivity contribution is 7.16. The van der Waals surface area contributed by atoms with E-state index in [-0.39, 0.29) is 18.4 Å². The van der Waals surface area contributed by atoms with Gasteiger partial charge in [-0.05, 0) is 24.5 Å². The molecule has 0 spiro atoms. The van der Waals surface area contributed by atoms with E-state index < -0.39 is 12.1 Å². The number of hydrogen-bond donors (Lipinski definition) is 3. The Bertz CT molecular complexity index is 1280. The van der Waals surface area contributed by atoms with Gasteiger partial charge >= 0.3 is 6.09 Å². The van der Waals surface area contributed by atoms with Crippen molar-refractivity contribution in [3.05, 3.63) is 71.2 Å². The van der Waals surface area contributed by atoms with Crippen molar-refractivity contribution in [1.29, 1.82) is 0 Å². The fraction of sp³-hybridized carbons (Fsp3) is 0.269. The maximum absolute atomic E-state index is 13.3. The van der Waals surface area contributed by atoms with Gasteiger partial charge in [0, 0.05) is 34.0 Å².